The van der Waals surface area contributed by atoms with Crippen molar-refractivity contribution < 1.29 is 14.4 Å². The number of nitrogens with zero attached hydrogens (tertiary/aromatic N) is 3. The number of hydrogen-bond acceptors (Lipinski definition) is 4. The Hall–Kier alpha value is -4.41. The summed E-state index contributed by atoms with van der Waals surface area (Å²) in [4.78, 5) is 45.9. The summed E-state index contributed by atoms with van der Waals surface area (Å²) in [5, 5.41) is 10.7. The number of fused-ring (bicyclic) bond motifs is 1. The molecule has 1 aliphatic heterocycles. The van der Waals surface area contributed by atoms with Gasteiger partial charge in [0.2, 0.25) is 11.8 Å². The van der Waals surface area contributed by atoms with Crippen LogP contribution >= 0.6 is 11.6 Å². The van der Waals surface area contributed by atoms with Crippen molar-refractivity contribution in [2.24, 2.45) is 0 Å². The molecule has 0 aliphatic carbocycles. The zero-order chi connectivity index (χ0) is 25.9. The van der Waals surface area contributed by atoms with Gasteiger partial charge in [-0.15, -0.1) is 0 Å². The lowest BCUT2D eigenvalue weighted by molar-refractivity contribution is -0.137. The SMILES string of the molecule is N#Cc1ccc(N2C(=O)CC(N(CCc3c[nH]c4ccccc34)C(=O)Cc3ccc(Cl)cc3)C2=O)cc1. The summed E-state index contributed by atoms with van der Waals surface area (Å²) in [5.41, 5.74) is 3.61. The van der Waals surface area contributed by atoms with Crippen LogP contribution in [0.4, 0.5) is 5.69 Å². The minimum absolute atomic E-state index is 0.0832. The minimum atomic E-state index is -0.909. The van der Waals surface area contributed by atoms with Crippen LogP contribution in [0.5, 0.6) is 0 Å². The average molecular weight is 511 g/mol. The number of para-hydroxylation sites is 1. The van der Waals surface area contributed by atoms with Gasteiger partial charge >= 0.3 is 0 Å². The van der Waals surface area contributed by atoms with E-state index in [0.717, 1.165) is 26.9 Å². The lowest BCUT2D eigenvalue weighted by Gasteiger charge is -2.28. The predicted octanol–water partition coefficient (Wildman–Crippen LogP) is 4.64. The molecule has 184 valence electrons. The number of aromatic nitrogens is 1. The normalized spacial score (nSPS) is 15.2. The third kappa shape index (κ3) is 4.97. The topological polar surface area (TPSA) is 97.3 Å². The van der Waals surface area contributed by atoms with E-state index in [0.29, 0.717) is 22.7 Å². The number of amides is 3. The van der Waals surface area contributed by atoms with Gasteiger partial charge in [-0.25, -0.2) is 4.90 Å². The molecule has 3 aromatic carbocycles. The maximum atomic E-state index is 13.6. The molecular formula is C29H23ClN4O3. The van der Waals surface area contributed by atoms with E-state index in [-0.39, 0.29) is 31.2 Å². The second kappa shape index (κ2) is 10.3. The fourth-order valence-corrected chi connectivity index (χ4v) is 4.85. The van der Waals surface area contributed by atoms with Gasteiger partial charge in [0.25, 0.3) is 5.91 Å². The van der Waals surface area contributed by atoms with Crippen LogP contribution in [0.2, 0.25) is 5.02 Å². The number of aromatic amines is 1. The Labute approximate surface area is 218 Å². The number of carbonyl (C=O) groups is 3. The molecule has 1 aromatic heterocycles. The van der Waals surface area contributed by atoms with E-state index < -0.39 is 11.9 Å². The summed E-state index contributed by atoms with van der Waals surface area (Å²) in [6, 6.07) is 22.3. The van der Waals surface area contributed by atoms with E-state index in [2.05, 4.69) is 4.98 Å². The first-order chi connectivity index (χ1) is 17.9. The monoisotopic (exact) mass is 510 g/mol. The molecule has 7 nitrogen and oxygen atoms in total. The number of halogens is 1. The van der Waals surface area contributed by atoms with Crippen molar-refractivity contribution in [1.82, 2.24) is 9.88 Å². The molecule has 1 fully saturated rings. The molecule has 1 N–H and O–H groups in total. The third-order valence-electron chi connectivity index (χ3n) is 6.64. The van der Waals surface area contributed by atoms with Gasteiger partial charge in [0.1, 0.15) is 6.04 Å². The molecule has 2 heterocycles. The molecule has 1 atom stereocenters. The summed E-state index contributed by atoms with van der Waals surface area (Å²) in [7, 11) is 0. The maximum Gasteiger partial charge on any atom is 0.257 e. The summed E-state index contributed by atoms with van der Waals surface area (Å²) in [6.45, 7) is 0.277. The van der Waals surface area contributed by atoms with E-state index in [1.807, 2.05) is 36.5 Å². The molecule has 1 aliphatic rings. The van der Waals surface area contributed by atoms with Crippen LogP contribution in [-0.2, 0) is 27.2 Å². The van der Waals surface area contributed by atoms with Gasteiger partial charge in [-0.1, -0.05) is 41.9 Å². The first-order valence-electron chi connectivity index (χ1n) is 11.9. The Bertz CT molecular complexity index is 1520. The number of H-pyrrole nitrogens is 1. The zero-order valence-electron chi connectivity index (χ0n) is 19.9. The first-order valence-corrected chi connectivity index (χ1v) is 12.3. The summed E-state index contributed by atoms with van der Waals surface area (Å²) < 4.78 is 0. The Morgan fingerprint density at radius 3 is 2.51 bits per heavy atom. The highest BCUT2D eigenvalue weighted by Gasteiger charge is 2.44. The number of hydrogen-bond donors (Lipinski definition) is 1. The Balaban J connectivity index is 1.42. The number of nitrogens with one attached hydrogen (secondary N) is 1. The van der Waals surface area contributed by atoms with E-state index >= 15 is 0 Å². The molecule has 1 saturated heterocycles. The highest BCUT2D eigenvalue weighted by Crippen LogP contribution is 2.27. The number of benzene rings is 3. The average Bonchev–Trinajstić information content (AvgIpc) is 3.45. The molecule has 3 amide bonds. The van der Waals surface area contributed by atoms with Crippen molar-refractivity contribution in [3.63, 3.8) is 0 Å². The number of imide groups is 1. The van der Waals surface area contributed by atoms with Crippen molar-refractivity contribution in [2.45, 2.75) is 25.3 Å². The second-order valence-electron chi connectivity index (χ2n) is 8.95. The minimum Gasteiger partial charge on any atom is -0.361 e. The van der Waals surface area contributed by atoms with Gasteiger partial charge in [-0.3, -0.25) is 14.4 Å². The largest absolute Gasteiger partial charge is 0.361 e. The van der Waals surface area contributed by atoms with E-state index in [1.165, 1.54) is 4.90 Å². The van der Waals surface area contributed by atoms with Crippen LogP contribution in [0.3, 0.4) is 0 Å². The number of nitriles is 1. The number of rotatable bonds is 7. The number of carbonyl (C=O) groups excluding carboxylic acids is 3. The number of anilines is 1. The Morgan fingerprint density at radius 2 is 1.78 bits per heavy atom. The summed E-state index contributed by atoms with van der Waals surface area (Å²) in [6.07, 6.45) is 2.42. The van der Waals surface area contributed by atoms with Crippen LogP contribution in [0.15, 0.2) is 79.0 Å². The smallest absolute Gasteiger partial charge is 0.257 e. The highest BCUT2D eigenvalue weighted by molar-refractivity contribution is 6.30. The van der Waals surface area contributed by atoms with Gasteiger partial charge in [-0.2, -0.15) is 5.26 Å². The summed E-state index contributed by atoms with van der Waals surface area (Å²) in [5.74, 6) is -1.07. The maximum absolute atomic E-state index is 13.6. The molecule has 0 spiro atoms. The van der Waals surface area contributed by atoms with Crippen molar-refractivity contribution in [1.29, 1.82) is 5.26 Å². The highest BCUT2D eigenvalue weighted by atomic mass is 35.5. The fourth-order valence-electron chi connectivity index (χ4n) is 4.73. The van der Waals surface area contributed by atoms with Crippen molar-refractivity contribution in [2.75, 3.05) is 11.4 Å². The van der Waals surface area contributed by atoms with Gasteiger partial charge in [0.15, 0.2) is 0 Å². The standard InChI is InChI=1S/C29H23ClN4O3/c30-22-9-5-19(6-10-22)15-27(35)33(14-13-21-18-32-25-4-2-1-3-24(21)25)26-16-28(36)34(29(26)37)23-11-7-20(17-31)8-12-23/h1-12,18,26,32H,13-16H2. The van der Waals surface area contributed by atoms with E-state index in [4.69, 9.17) is 16.9 Å². The van der Waals surface area contributed by atoms with Gasteiger partial charge < -0.3 is 9.88 Å². The quantitative estimate of drug-likeness (QED) is 0.366. The van der Waals surface area contributed by atoms with Gasteiger partial charge in [0, 0.05) is 28.7 Å². The third-order valence-corrected chi connectivity index (χ3v) is 6.89. The lowest BCUT2D eigenvalue weighted by Crippen LogP contribution is -2.47. The van der Waals surface area contributed by atoms with E-state index in [9.17, 15) is 14.4 Å². The zero-order valence-corrected chi connectivity index (χ0v) is 20.6. The molecule has 0 bridgehead atoms. The molecule has 4 aromatic rings. The van der Waals surface area contributed by atoms with Gasteiger partial charge in [0.05, 0.1) is 30.2 Å². The molecule has 1 unspecified atom stereocenters. The second-order valence-corrected chi connectivity index (χ2v) is 9.38. The fraction of sp³-hybridized carbons (Fsp3) is 0.172. The van der Waals surface area contributed by atoms with Crippen molar-refractivity contribution >= 4 is 45.9 Å². The van der Waals surface area contributed by atoms with Crippen LogP contribution < -0.4 is 4.90 Å². The Kier molecular flexibility index (Phi) is 6.76. The van der Waals surface area contributed by atoms with E-state index in [1.54, 1.807) is 48.5 Å². The molecular weight excluding hydrogens is 488 g/mol. The van der Waals surface area contributed by atoms with Crippen molar-refractivity contribution in [3.8, 4) is 6.07 Å². The van der Waals surface area contributed by atoms with Crippen LogP contribution in [0, 0.1) is 11.3 Å². The molecule has 0 radical (unpaired) electrons. The summed E-state index contributed by atoms with van der Waals surface area (Å²) >= 11 is 5.99. The lowest BCUT2D eigenvalue weighted by atomic mass is 10.1. The molecule has 37 heavy (non-hydrogen) atoms. The van der Waals surface area contributed by atoms with Crippen LogP contribution in [0.1, 0.15) is 23.1 Å². The first kappa shape index (κ1) is 24.3. The molecule has 5 rings (SSSR count). The van der Waals surface area contributed by atoms with Gasteiger partial charge in [-0.05, 0) is 60.0 Å². The predicted molar refractivity (Wildman–Crippen MR) is 141 cm³/mol. The van der Waals surface area contributed by atoms with Crippen molar-refractivity contribution in [3.05, 3.63) is 101 Å². The van der Waals surface area contributed by atoms with Crippen LogP contribution in [0.25, 0.3) is 10.9 Å². The molecule has 8 heteroatoms. The molecule has 0 saturated carbocycles. The Morgan fingerprint density at radius 1 is 1.05 bits per heavy atom. The van der Waals surface area contributed by atoms with Crippen LogP contribution in [-0.4, -0.2) is 40.2 Å².